The zero-order valence-corrected chi connectivity index (χ0v) is 9.15. The monoisotopic (exact) mass is 187 g/mol. The van der Waals surface area contributed by atoms with E-state index in [1.54, 1.807) is 0 Å². The number of aryl methyl sites for hydroxylation is 3. The van der Waals surface area contributed by atoms with Crippen molar-refractivity contribution in [3.63, 3.8) is 0 Å². The van der Waals surface area contributed by atoms with Crippen molar-refractivity contribution in [3.05, 3.63) is 35.0 Å². The highest BCUT2D eigenvalue weighted by molar-refractivity contribution is 5.86. The van der Waals surface area contributed by atoms with Crippen LogP contribution in [0.5, 0.6) is 0 Å². The maximum Gasteiger partial charge on any atom is 0.0489 e. The highest BCUT2D eigenvalue weighted by Gasteiger charge is 2.05. The molecule has 0 aliphatic carbocycles. The van der Waals surface area contributed by atoms with Gasteiger partial charge in [0.15, 0.2) is 0 Å². The number of hydrogen-bond donors (Lipinski definition) is 1. The lowest BCUT2D eigenvalue weighted by Gasteiger charge is -2.02. The molecule has 1 N–H and O–H groups in total. The van der Waals surface area contributed by atoms with E-state index < -0.39 is 0 Å². The lowest BCUT2D eigenvalue weighted by Crippen LogP contribution is -1.83. The van der Waals surface area contributed by atoms with Crippen LogP contribution in [-0.2, 0) is 6.42 Å². The van der Waals surface area contributed by atoms with Crippen molar-refractivity contribution in [1.29, 1.82) is 0 Å². The molecule has 2 aromatic rings. The molecule has 0 spiro atoms. The number of fused-ring (bicyclic) bond motifs is 1. The van der Waals surface area contributed by atoms with Crippen LogP contribution in [0.3, 0.4) is 0 Å². The van der Waals surface area contributed by atoms with Gasteiger partial charge in [0.2, 0.25) is 0 Å². The minimum atomic E-state index is 1.17. The Balaban J connectivity index is 2.64. The number of rotatable bonds is 2. The van der Waals surface area contributed by atoms with Gasteiger partial charge in [-0.2, -0.15) is 0 Å². The van der Waals surface area contributed by atoms with Gasteiger partial charge in [-0.15, -0.1) is 0 Å². The van der Waals surface area contributed by atoms with Crippen LogP contribution in [0.1, 0.15) is 30.0 Å². The van der Waals surface area contributed by atoms with E-state index in [1.807, 2.05) is 0 Å². The summed E-state index contributed by atoms with van der Waals surface area (Å²) in [7, 11) is 0. The third-order valence-corrected chi connectivity index (χ3v) is 2.99. The van der Waals surface area contributed by atoms with Gasteiger partial charge in [-0.25, -0.2) is 0 Å². The van der Waals surface area contributed by atoms with Gasteiger partial charge in [0.1, 0.15) is 0 Å². The van der Waals surface area contributed by atoms with Crippen molar-refractivity contribution in [2.24, 2.45) is 0 Å². The molecule has 2 rings (SSSR count). The van der Waals surface area contributed by atoms with Gasteiger partial charge in [0.05, 0.1) is 0 Å². The molecule has 0 saturated heterocycles. The van der Waals surface area contributed by atoms with Crippen molar-refractivity contribution in [1.82, 2.24) is 4.98 Å². The second kappa shape index (κ2) is 3.49. The van der Waals surface area contributed by atoms with Crippen LogP contribution >= 0.6 is 0 Å². The highest BCUT2D eigenvalue weighted by Crippen LogP contribution is 2.24. The Morgan fingerprint density at radius 2 is 2.00 bits per heavy atom. The van der Waals surface area contributed by atoms with Crippen molar-refractivity contribution in [2.45, 2.75) is 33.6 Å². The summed E-state index contributed by atoms with van der Waals surface area (Å²) in [6.45, 7) is 6.57. The van der Waals surface area contributed by atoms with Gasteiger partial charge in [0.25, 0.3) is 0 Å². The molecule has 0 fully saturated rings. The van der Waals surface area contributed by atoms with Gasteiger partial charge >= 0.3 is 0 Å². The molecule has 1 heteroatoms. The number of hydrogen-bond acceptors (Lipinski definition) is 0. The Morgan fingerprint density at radius 3 is 2.71 bits per heavy atom. The molecule has 1 nitrogen and oxygen atoms in total. The van der Waals surface area contributed by atoms with Crippen LogP contribution in [0.25, 0.3) is 10.9 Å². The van der Waals surface area contributed by atoms with E-state index in [2.05, 4.69) is 44.1 Å². The fourth-order valence-electron chi connectivity index (χ4n) is 1.98. The Hall–Kier alpha value is -1.24. The van der Waals surface area contributed by atoms with Gasteiger partial charge < -0.3 is 4.98 Å². The van der Waals surface area contributed by atoms with Crippen molar-refractivity contribution >= 4 is 10.9 Å². The number of nitrogens with one attached hydrogen (secondary N) is 1. The van der Waals surface area contributed by atoms with Crippen molar-refractivity contribution in [3.8, 4) is 0 Å². The molecule has 0 saturated carbocycles. The number of benzene rings is 1. The normalized spacial score (nSPS) is 11.1. The molecule has 0 bridgehead atoms. The van der Waals surface area contributed by atoms with Crippen LogP contribution in [0.4, 0.5) is 0 Å². The number of aromatic amines is 1. The molecule has 1 aromatic carbocycles. The summed E-state index contributed by atoms with van der Waals surface area (Å²) in [6, 6.07) is 4.45. The van der Waals surface area contributed by atoms with Crippen LogP contribution in [0.15, 0.2) is 18.3 Å². The minimum Gasteiger partial charge on any atom is -0.361 e. The third kappa shape index (κ3) is 1.33. The molecule has 1 heterocycles. The van der Waals surface area contributed by atoms with E-state index in [1.165, 1.54) is 40.4 Å². The van der Waals surface area contributed by atoms with Crippen LogP contribution in [-0.4, -0.2) is 4.98 Å². The minimum absolute atomic E-state index is 1.17. The molecule has 0 amide bonds. The summed E-state index contributed by atoms with van der Waals surface area (Å²) in [6.07, 6.45) is 4.53. The Bertz CT molecular complexity index is 451. The lowest BCUT2D eigenvalue weighted by atomic mass is 10.0. The summed E-state index contributed by atoms with van der Waals surface area (Å²) in [5.74, 6) is 0. The second-order valence-corrected chi connectivity index (χ2v) is 3.99. The van der Waals surface area contributed by atoms with Crippen molar-refractivity contribution in [2.75, 3.05) is 0 Å². The summed E-state index contributed by atoms with van der Waals surface area (Å²) in [5.41, 5.74) is 5.51. The quantitative estimate of drug-likeness (QED) is 0.737. The molecule has 14 heavy (non-hydrogen) atoms. The SMILES string of the molecule is CCCc1c[nH]c2c(C)c(C)ccc12. The summed E-state index contributed by atoms with van der Waals surface area (Å²) in [5, 5.41) is 1.40. The molecule has 74 valence electrons. The first-order valence-electron chi connectivity index (χ1n) is 5.30. The van der Waals surface area contributed by atoms with Crippen LogP contribution < -0.4 is 0 Å². The average molecular weight is 187 g/mol. The summed E-state index contributed by atoms with van der Waals surface area (Å²) in [4.78, 5) is 3.38. The molecule has 0 atom stereocenters. The van der Waals surface area contributed by atoms with Gasteiger partial charge in [-0.05, 0) is 37.0 Å². The zero-order chi connectivity index (χ0) is 10.1. The molecular weight excluding hydrogens is 170 g/mol. The fourth-order valence-corrected chi connectivity index (χ4v) is 1.98. The van der Waals surface area contributed by atoms with Gasteiger partial charge in [-0.3, -0.25) is 0 Å². The molecular formula is C13H17N. The largest absolute Gasteiger partial charge is 0.361 e. The maximum absolute atomic E-state index is 3.38. The highest BCUT2D eigenvalue weighted by atomic mass is 14.7. The Labute approximate surface area is 85.1 Å². The maximum atomic E-state index is 3.38. The van der Waals surface area contributed by atoms with Crippen molar-refractivity contribution < 1.29 is 0 Å². The number of H-pyrrole nitrogens is 1. The first-order valence-corrected chi connectivity index (χ1v) is 5.30. The Morgan fingerprint density at radius 1 is 1.21 bits per heavy atom. The molecule has 0 unspecified atom stereocenters. The van der Waals surface area contributed by atoms with E-state index in [4.69, 9.17) is 0 Å². The lowest BCUT2D eigenvalue weighted by molar-refractivity contribution is 0.929. The zero-order valence-electron chi connectivity index (χ0n) is 9.15. The van der Waals surface area contributed by atoms with E-state index >= 15 is 0 Å². The van der Waals surface area contributed by atoms with Crippen LogP contribution in [0.2, 0.25) is 0 Å². The van der Waals surface area contributed by atoms with Crippen LogP contribution in [0, 0.1) is 13.8 Å². The first-order chi connectivity index (χ1) is 6.74. The van der Waals surface area contributed by atoms with E-state index in [9.17, 15) is 0 Å². The van der Waals surface area contributed by atoms with E-state index in [0.29, 0.717) is 0 Å². The predicted octanol–water partition coefficient (Wildman–Crippen LogP) is 3.74. The number of aromatic nitrogens is 1. The fraction of sp³-hybridized carbons (Fsp3) is 0.385. The third-order valence-electron chi connectivity index (χ3n) is 2.99. The molecule has 0 aliphatic heterocycles. The van der Waals surface area contributed by atoms with Gasteiger partial charge in [0, 0.05) is 17.1 Å². The topological polar surface area (TPSA) is 15.8 Å². The molecule has 0 aliphatic rings. The summed E-state index contributed by atoms with van der Waals surface area (Å²) >= 11 is 0. The predicted molar refractivity (Wildman–Crippen MR) is 61.8 cm³/mol. The van der Waals surface area contributed by atoms with E-state index in [0.717, 1.165) is 0 Å². The standard InChI is InChI=1S/C13H17N/c1-4-5-11-8-14-13-10(3)9(2)6-7-12(11)13/h6-8,14H,4-5H2,1-3H3. The second-order valence-electron chi connectivity index (χ2n) is 3.99. The molecule has 0 radical (unpaired) electrons. The molecule has 1 aromatic heterocycles. The average Bonchev–Trinajstić information content (AvgIpc) is 2.57. The van der Waals surface area contributed by atoms with Gasteiger partial charge in [-0.1, -0.05) is 25.5 Å². The van der Waals surface area contributed by atoms with E-state index in [-0.39, 0.29) is 0 Å². The summed E-state index contributed by atoms with van der Waals surface area (Å²) < 4.78 is 0. The smallest absolute Gasteiger partial charge is 0.0489 e. The Kier molecular flexibility index (Phi) is 2.32. The first kappa shape index (κ1) is 9.32.